The molecule has 0 aliphatic heterocycles. The standard InChI is InChI=1S/C21H20ClN5O/c1-26-19(11-12-23-26)20(28)25-21-24-17-14-16(22)9-10-18(17)27(21)13-5-8-15-6-3-2-4-7-15/h2-4,6-7,9-12,14H,5,8,13H2,1H3,(H,24,25,28). The zero-order valence-electron chi connectivity index (χ0n) is 15.5. The molecule has 6 nitrogen and oxygen atoms in total. The number of hydrogen-bond donors (Lipinski definition) is 1. The summed E-state index contributed by atoms with van der Waals surface area (Å²) in [7, 11) is 1.73. The molecule has 0 radical (unpaired) electrons. The number of aromatic nitrogens is 4. The molecule has 0 saturated heterocycles. The number of hydrogen-bond acceptors (Lipinski definition) is 3. The lowest BCUT2D eigenvalue weighted by Crippen LogP contribution is -2.19. The van der Waals surface area contributed by atoms with Gasteiger partial charge in [-0.3, -0.25) is 14.8 Å². The molecular formula is C21H20ClN5O. The number of fused-ring (bicyclic) bond motifs is 1. The highest BCUT2D eigenvalue weighted by Crippen LogP contribution is 2.24. The fraction of sp³-hybridized carbons (Fsp3) is 0.190. The van der Waals surface area contributed by atoms with Gasteiger partial charge in [0.05, 0.1) is 11.0 Å². The summed E-state index contributed by atoms with van der Waals surface area (Å²) in [4.78, 5) is 17.2. The average Bonchev–Trinajstić information content (AvgIpc) is 3.26. The van der Waals surface area contributed by atoms with Gasteiger partial charge < -0.3 is 4.57 Å². The molecule has 1 amide bonds. The first-order chi connectivity index (χ1) is 13.6. The predicted molar refractivity (Wildman–Crippen MR) is 111 cm³/mol. The van der Waals surface area contributed by atoms with Crippen molar-refractivity contribution in [3.05, 3.63) is 77.1 Å². The van der Waals surface area contributed by atoms with E-state index in [9.17, 15) is 4.79 Å². The first kappa shape index (κ1) is 18.3. The van der Waals surface area contributed by atoms with Crippen molar-refractivity contribution in [2.75, 3.05) is 5.32 Å². The molecule has 2 heterocycles. The van der Waals surface area contributed by atoms with Crippen molar-refractivity contribution in [1.82, 2.24) is 19.3 Å². The number of imidazole rings is 1. The Hall–Kier alpha value is -3.12. The van der Waals surface area contributed by atoms with Crippen LogP contribution < -0.4 is 5.32 Å². The fourth-order valence-corrected chi connectivity index (χ4v) is 3.44. The number of nitrogens with zero attached hydrogens (tertiary/aromatic N) is 4. The summed E-state index contributed by atoms with van der Waals surface area (Å²) < 4.78 is 3.57. The van der Waals surface area contributed by atoms with Crippen LogP contribution in [-0.2, 0) is 20.0 Å². The maximum atomic E-state index is 12.6. The fourth-order valence-electron chi connectivity index (χ4n) is 3.27. The van der Waals surface area contributed by atoms with Gasteiger partial charge in [-0.2, -0.15) is 5.10 Å². The van der Waals surface area contributed by atoms with Crippen LogP contribution in [0.2, 0.25) is 5.02 Å². The van der Waals surface area contributed by atoms with E-state index in [-0.39, 0.29) is 5.91 Å². The Labute approximate surface area is 167 Å². The highest BCUT2D eigenvalue weighted by atomic mass is 35.5. The lowest BCUT2D eigenvalue weighted by Gasteiger charge is -2.10. The zero-order chi connectivity index (χ0) is 19.5. The Bertz CT molecular complexity index is 1120. The van der Waals surface area contributed by atoms with Crippen LogP contribution in [0.4, 0.5) is 5.95 Å². The summed E-state index contributed by atoms with van der Waals surface area (Å²) in [6.45, 7) is 0.730. The van der Waals surface area contributed by atoms with Gasteiger partial charge in [-0.15, -0.1) is 0 Å². The molecule has 1 N–H and O–H groups in total. The Balaban J connectivity index is 1.60. The monoisotopic (exact) mass is 393 g/mol. The Morgan fingerprint density at radius 2 is 1.96 bits per heavy atom. The Morgan fingerprint density at radius 3 is 2.71 bits per heavy atom. The van der Waals surface area contributed by atoms with E-state index in [0.717, 1.165) is 30.4 Å². The number of rotatable bonds is 6. The number of carbonyl (C=O) groups is 1. The molecule has 2 aromatic heterocycles. The molecule has 0 aliphatic rings. The molecule has 28 heavy (non-hydrogen) atoms. The van der Waals surface area contributed by atoms with Crippen molar-refractivity contribution < 1.29 is 4.79 Å². The van der Waals surface area contributed by atoms with E-state index in [1.807, 2.05) is 41.0 Å². The Kier molecular flexibility index (Phi) is 5.12. The third kappa shape index (κ3) is 3.77. The van der Waals surface area contributed by atoms with Crippen LogP contribution in [0.3, 0.4) is 0 Å². The van der Waals surface area contributed by atoms with Gasteiger partial charge in [0.2, 0.25) is 5.95 Å². The molecule has 0 spiro atoms. The van der Waals surface area contributed by atoms with Gasteiger partial charge >= 0.3 is 0 Å². The number of benzene rings is 2. The molecule has 142 valence electrons. The van der Waals surface area contributed by atoms with Gasteiger partial charge in [0.25, 0.3) is 5.91 Å². The Morgan fingerprint density at radius 1 is 1.14 bits per heavy atom. The normalized spacial score (nSPS) is 11.1. The minimum atomic E-state index is -0.245. The second-order valence-electron chi connectivity index (χ2n) is 6.60. The maximum Gasteiger partial charge on any atom is 0.276 e. The molecule has 0 saturated carbocycles. The van der Waals surface area contributed by atoms with Crippen LogP contribution in [0.15, 0.2) is 60.8 Å². The smallest absolute Gasteiger partial charge is 0.276 e. The first-order valence-electron chi connectivity index (χ1n) is 9.11. The van der Waals surface area contributed by atoms with Crippen LogP contribution in [-0.4, -0.2) is 25.2 Å². The van der Waals surface area contributed by atoms with Crippen LogP contribution in [0, 0.1) is 0 Å². The van der Waals surface area contributed by atoms with Crippen LogP contribution in [0.25, 0.3) is 11.0 Å². The van der Waals surface area contributed by atoms with Crippen molar-refractivity contribution in [3.63, 3.8) is 0 Å². The molecule has 0 bridgehead atoms. The molecule has 4 rings (SSSR count). The van der Waals surface area contributed by atoms with Crippen molar-refractivity contribution in [2.24, 2.45) is 7.05 Å². The summed E-state index contributed by atoms with van der Waals surface area (Å²) >= 11 is 6.12. The van der Waals surface area contributed by atoms with E-state index >= 15 is 0 Å². The number of anilines is 1. The molecular weight excluding hydrogens is 374 g/mol. The van der Waals surface area contributed by atoms with Gasteiger partial charge in [-0.05, 0) is 42.7 Å². The van der Waals surface area contributed by atoms with Crippen molar-refractivity contribution in [3.8, 4) is 0 Å². The van der Waals surface area contributed by atoms with Crippen molar-refractivity contribution >= 4 is 34.5 Å². The minimum absolute atomic E-state index is 0.245. The van der Waals surface area contributed by atoms with Crippen molar-refractivity contribution in [2.45, 2.75) is 19.4 Å². The molecule has 7 heteroatoms. The zero-order valence-corrected chi connectivity index (χ0v) is 16.2. The maximum absolute atomic E-state index is 12.6. The molecule has 0 atom stereocenters. The largest absolute Gasteiger partial charge is 0.310 e. The van der Waals surface area contributed by atoms with Gasteiger partial charge in [-0.1, -0.05) is 41.9 Å². The third-order valence-corrected chi connectivity index (χ3v) is 4.91. The quantitative estimate of drug-likeness (QED) is 0.531. The van der Waals surface area contributed by atoms with Crippen LogP contribution in [0.1, 0.15) is 22.5 Å². The number of halogens is 1. The first-order valence-corrected chi connectivity index (χ1v) is 9.49. The molecule has 0 fully saturated rings. The van der Waals surface area contributed by atoms with Gasteiger partial charge in [-0.25, -0.2) is 4.98 Å². The summed E-state index contributed by atoms with van der Waals surface area (Å²) in [5, 5.41) is 7.59. The third-order valence-electron chi connectivity index (χ3n) is 4.68. The van der Waals surface area contributed by atoms with Gasteiger partial charge in [0.15, 0.2) is 0 Å². The summed E-state index contributed by atoms with van der Waals surface area (Å²) in [5.41, 5.74) is 3.46. The second-order valence-corrected chi connectivity index (χ2v) is 7.04. The van der Waals surface area contributed by atoms with Crippen molar-refractivity contribution in [1.29, 1.82) is 0 Å². The number of aryl methyl sites for hydroxylation is 3. The summed E-state index contributed by atoms with van der Waals surface area (Å²) in [6.07, 6.45) is 3.47. The number of amides is 1. The van der Waals surface area contributed by atoms with Gasteiger partial charge in [0, 0.05) is 24.8 Å². The van der Waals surface area contributed by atoms with Gasteiger partial charge in [0.1, 0.15) is 5.69 Å². The van der Waals surface area contributed by atoms with Crippen LogP contribution in [0.5, 0.6) is 0 Å². The number of carbonyl (C=O) groups excluding carboxylic acids is 1. The molecule has 0 aliphatic carbocycles. The van der Waals surface area contributed by atoms with E-state index in [0.29, 0.717) is 16.7 Å². The van der Waals surface area contributed by atoms with Crippen LogP contribution >= 0.6 is 11.6 Å². The van der Waals surface area contributed by atoms with E-state index in [1.165, 1.54) is 10.2 Å². The predicted octanol–water partition coefficient (Wildman–Crippen LogP) is 4.31. The minimum Gasteiger partial charge on any atom is -0.310 e. The number of nitrogens with one attached hydrogen (secondary N) is 1. The molecule has 4 aromatic rings. The van der Waals surface area contributed by atoms with E-state index in [1.54, 1.807) is 19.3 Å². The highest BCUT2D eigenvalue weighted by Gasteiger charge is 2.16. The highest BCUT2D eigenvalue weighted by molar-refractivity contribution is 6.31. The summed E-state index contributed by atoms with van der Waals surface area (Å²) in [6, 6.07) is 17.6. The molecule has 2 aromatic carbocycles. The lowest BCUT2D eigenvalue weighted by atomic mass is 10.1. The lowest BCUT2D eigenvalue weighted by molar-refractivity contribution is 0.101. The van der Waals surface area contributed by atoms with E-state index in [2.05, 4.69) is 27.5 Å². The second kappa shape index (κ2) is 7.86. The van der Waals surface area contributed by atoms with E-state index < -0.39 is 0 Å². The average molecular weight is 394 g/mol. The van der Waals surface area contributed by atoms with E-state index in [4.69, 9.17) is 11.6 Å². The SMILES string of the molecule is Cn1nccc1C(=O)Nc1nc2cc(Cl)ccc2n1CCCc1ccccc1. The molecule has 0 unspecified atom stereocenters. The topological polar surface area (TPSA) is 64.7 Å². The summed E-state index contributed by atoms with van der Waals surface area (Å²) in [5.74, 6) is 0.266.